The minimum absolute atomic E-state index is 0.174. The molecule has 0 heterocycles. The van der Waals surface area contributed by atoms with Crippen molar-refractivity contribution in [1.29, 1.82) is 0 Å². The van der Waals surface area contributed by atoms with Gasteiger partial charge in [0.2, 0.25) is 0 Å². The topological polar surface area (TPSA) is 20.3 Å². The molecule has 0 unspecified atom stereocenters. The third kappa shape index (κ3) is 2.84. The van der Waals surface area contributed by atoms with Crippen LogP contribution >= 0.6 is 0 Å². The number of nitrogens with zero attached hydrogens (tertiary/aromatic N) is 1. The lowest BCUT2D eigenvalue weighted by atomic mass is 10.1. The maximum absolute atomic E-state index is 13.5. The van der Waals surface area contributed by atoms with E-state index in [0.29, 0.717) is 5.92 Å². The molecule has 1 amide bonds. The number of carbonyl (C=O) groups is 1. The summed E-state index contributed by atoms with van der Waals surface area (Å²) in [4.78, 5) is 13.7. The van der Waals surface area contributed by atoms with Gasteiger partial charge in [0.1, 0.15) is 5.82 Å². The Morgan fingerprint density at radius 2 is 2.00 bits per heavy atom. The van der Waals surface area contributed by atoms with Crippen molar-refractivity contribution < 1.29 is 9.18 Å². The van der Waals surface area contributed by atoms with Crippen molar-refractivity contribution in [3.05, 3.63) is 35.6 Å². The second-order valence-electron chi connectivity index (χ2n) is 4.82. The van der Waals surface area contributed by atoms with Gasteiger partial charge in [-0.05, 0) is 30.9 Å². The summed E-state index contributed by atoms with van der Waals surface area (Å²) in [7, 11) is 1.76. The Morgan fingerprint density at radius 3 is 2.65 bits per heavy atom. The van der Waals surface area contributed by atoms with Crippen molar-refractivity contribution in [2.75, 3.05) is 13.6 Å². The van der Waals surface area contributed by atoms with Crippen molar-refractivity contribution in [1.82, 2.24) is 4.90 Å². The maximum atomic E-state index is 13.5. The standard InChI is InChI=1S/C14H18FNO/c1-16(10-11-6-2-3-7-11)14(17)12-8-4-5-9-13(12)15/h4-5,8-9,11H,2-3,6-7,10H2,1H3. The molecule has 0 radical (unpaired) electrons. The molecule has 2 rings (SSSR count). The summed E-state index contributed by atoms with van der Waals surface area (Å²) in [6.45, 7) is 0.743. The first-order chi connectivity index (χ1) is 8.18. The Balaban J connectivity index is 2.01. The van der Waals surface area contributed by atoms with Gasteiger partial charge in [-0.2, -0.15) is 0 Å². The molecular formula is C14H18FNO. The lowest BCUT2D eigenvalue weighted by Gasteiger charge is -2.21. The van der Waals surface area contributed by atoms with Gasteiger partial charge >= 0.3 is 0 Å². The predicted octanol–water partition coefficient (Wildman–Crippen LogP) is 3.09. The van der Waals surface area contributed by atoms with Crippen LogP contribution in [0.3, 0.4) is 0 Å². The van der Waals surface area contributed by atoms with Crippen LogP contribution in [0.15, 0.2) is 24.3 Å². The zero-order valence-electron chi connectivity index (χ0n) is 10.2. The molecule has 2 nitrogen and oxygen atoms in total. The molecule has 0 saturated heterocycles. The molecule has 0 bridgehead atoms. The van der Waals surface area contributed by atoms with Gasteiger partial charge in [-0.1, -0.05) is 25.0 Å². The zero-order valence-corrected chi connectivity index (χ0v) is 10.2. The molecule has 1 aliphatic carbocycles. The van der Waals surface area contributed by atoms with E-state index in [4.69, 9.17) is 0 Å². The van der Waals surface area contributed by atoms with Crippen LogP contribution in [0.4, 0.5) is 4.39 Å². The quantitative estimate of drug-likeness (QED) is 0.788. The molecule has 1 aliphatic rings. The molecular weight excluding hydrogens is 217 g/mol. The Hall–Kier alpha value is -1.38. The van der Waals surface area contributed by atoms with E-state index in [-0.39, 0.29) is 11.5 Å². The fourth-order valence-corrected chi connectivity index (χ4v) is 2.50. The molecule has 0 aliphatic heterocycles. The summed E-state index contributed by atoms with van der Waals surface area (Å²) in [5, 5.41) is 0. The predicted molar refractivity (Wildman–Crippen MR) is 65.3 cm³/mol. The van der Waals surface area contributed by atoms with Gasteiger partial charge in [-0.25, -0.2) is 4.39 Å². The van der Waals surface area contributed by atoms with Crippen molar-refractivity contribution in [3.8, 4) is 0 Å². The summed E-state index contributed by atoms with van der Waals surface area (Å²) in [5.41, 5.74) is 0.174. The zero-order chi connectivity index (χ0) is 12.3. The van der Waals surface area contributed by atoms with Gasteiger partial charge in [-0.3, -0.25) is 4.79 Å². The van der Waals surface area contributed by atoms with Gasteiger partial charge in [-0.15, -0.1) is 0 Å². The molecule has 1 aromatic carbocycles. The molecule has 1 aromatic rings. The van der Waals surface area contributed by atoms with E-state index >= 15 is 0 Å². The maximum Gasteiger partial charge on any atom is 0.256 e. The number of amides is 1. The van der Waals surface area contributed by atoms with Gasteiger partial charge in [0.05, 0.1) is 5.56 Å². The number of hydrogen-bond donors (Lipinski definition) is 0. The van der Waals surface area contributed by atoms with E-state index in [1.165, 1.54) is 31.7 Å². The van der Waals surface area contributed by atoms with Crippen LogP contribution in [0.2, 0.25) is 0 Å². The van der Waals surface area contributed by atoms with Crippen molar-refractivity contribution in [2.24, 2.45) is 5.92 Å². The molecule has 1 fully saturated rings. The molecule has 0 aromatic heterocycles. The molecule has 1 saturated carbocycles. The number of halogens is 1. The van der Waals surface area contributed by atoms with E-state index in [0.717, 1.165) is 6.54 Å². The first-order valence-electron chi connectivity index (χ1n) is 6.18. The van der Waals surface area contributed by atoms with Crippen LogP contribution in [-0.2, 0) is 0 Å². The smallest absolute Gasteiger partial charge is 0.256 e. The highest BCUT2D eigenvalue weighted by atomic mass is 19.1. The molecule has 3 heteroatoms. The number of hydrogen-bond acceptors (Lipinski definition) is 1. The Labute approximate surface area is 101 Å². The summed E-state index contributed by atoms with van der Waals surface area (Å²) < 4.78 is 13.5. The molecule has 0 atom stereocenters. The van der Waals surface area contributed by atoms with Crippen molar-refractivity contribution in [2.45, 2.75) is 25.7 Å². The molecule has 17 heavy (non-hydrogen) atoms. The number of carbonyl (C=O) groups excluding carboxylic acids is 1. The van der Waals surface area contributed by atoms with E-state index in [1.54, 1.807) is 30.1 Å². The molecule has 0 spiro atoms. The Kier molecular flexibility index (Phi) is 3.77. The Bertz CT molecular complexity index is 399. The highest BCUT2D eigenvalue weighted by Crippen LogP contribution is 2.25. The second-order valence-corrected chi connectivity index (χ2v) is 4.82. The summed E-state index contributed by atoms with van der Waals surface area (Å²) in [6, 6.07) is 6.17. The van der Waals surface area contributed by atoms with Crippen LogP contribution in [-0.4, -0.2) is 24.4 Å². The monoisotopic (exact) mass is 235 g/mol. The van der Waals surface area contributed by atoms with Gasteiger partial charge in [0.15, 0.2) is 0 Å². The SMILES string of the molecule is CN(CC1CCCC1)C(=O)c1ccccc1F. The van der Waals surface area contributed by atoms with E-state index < -0.39 is 5.82 Å². The normalized spacial score (nSPS) is 16.1. The van der Waals surface area contributed by atoms with Crippen LogP contribution in [0.25, 0.3) is 0 Å². The van der Waals surface area contributed by atoms with Crippen molar-refractivity contribution in [3.63, 3.8) is 0 Å². The lowest BCUT2D eigenvalue weighted by molar-refractivity contribution is 0.0768. The van der Waals surface area contributed by atoms with Crippen LogP contribution < -0.4 is 0 Å². The third-order valence-corrected chi connectivity index (χ3v) is 3.46. The van der Waals surface area contributed by atoms with Crippen LogP contribution in [0.5, 0.6) is 0 Å². The second kappa shape index (κ2) is 5.30. The fourth-order valence-electron chi connectivity index (χ4n) is 2.50. The largest absolute Gasteiger partial charge is 0.341 e. The van der Waals surface area contributed by atoms with E-state index in [2.05, 4.69) is 0 Å². The van der Waals surface area contributed by atoms with E-state index in [1.807, 2.05) is 0 Å². The third-order valence-electron chi connectivity index (χ3n) is 3.46. The Morgan fingerprint density at radius 1 is 1.35 bits per heavy atom. The minimum atomic E-state index is -0.434. The van der Waals surface area contributed by atoms with Crippen LogP contribution in [0, 0.1) is 11.7 Å². The summed E-state index contributed by atoms with van der Waals surface area (Å²) in [6.07, 6.45) is 4.89. The fraction of sp³-hybridized carbons (Fsp3) is 0.500. The minimum Gasteiger partial charge on any atom is -0.341 e. The highest BCUT2D eigenvalue weighted by molar-refractivity contribution is 5.94. The van der Waals surface area contributed by atoms with Gasteiger partial charge in [0.25, 0.3) is 5.91 Å². The molecule has 92 valence electrons. The van der Waals surface area contributed by atoms with Crippen LogP contribution in [0.1, 0.15) is 36.0 Å². The first-order valence-corrected chi connectivity index (χ1v) is 6.18. The highest BCUT2D eigenvalue weighted by Gasteiger charge is 2.21. The van der Waals surface area contributed by atoms with Gasteiger partial charge in [0, 0.05) is 13.6 Å². The number of rotatable bonds is 3. The number of benzene rings is 1. The lowest BCUT2D eigenvalue weighted by Crippen LogP contribution is -2.31. The van der Waals surface area contributed by atoms with Crippen molar-refractivity contribution >= 4 is 5.91 Å². The van der Waals surface area contributed by atoms with E-state index in [9.17, 15) is 9.18 Å². The van der Waals surface area contributed by atoms with Gasteiger partial charge < -0.3 is 4.90 Å². The molecule has 0 N–H and O–H groups in total. The summed E-state index contributed by atoms with van der Waals surface area (Å²) in [5.74, 6) is -0.0542. The average Bonchev–Trinajstić information content (AvgIpc) is 2.81. The average molecular weight is 235 g/mol. The first kappa shape index (κ1) is 12.1. The summed E-state index contributed by atoms with van der Waals surface area (Å²) >= 11 is 0.